The Bertz CT molecular complexity index is 263. The molecule has 0 aromatic rings. The number of carboxylic acid groups (broad SMARTS) is 2. The van der Waals surface area contributed by atoms with E-state index in [0.29, 0.717) is 12.8 Å². The van der Waals surface area contributed by atoms with Crippen LogP contribution in [0.4, 0.5) is 9.59 Å². The van der Waals surface area contributed by atoms with E-state index in [1.165, 1.54) is 0 Å². The van der Waals surface area contributed by atoms with Crippen LogP contribution in [-0.2, 0) is 4.74 Å². The van der Waals surface area contributed by atoms with Gasteiger partial charge in [0.1, 0.15) is 12.2 Å². The number of hydrogen-bond acceptors (Lipinski definition) is 5. The van der Waals surface area contributed by atoms with Gasteiger partial charge in [-0.3, -0.25) is 0 Å². The van der Waals surface area contributed by atoms with E-state index in [9.17, 15) is 9.59 Å². The lowest BCUT2D eigenvalue weighted by atomic mass is 10.2. The second kappa shape index (κ2) is 10.7. The highest BCUT2D eigenvalue weighted by Gasteiger charge is 2.01. The minimum Gasteiger partial charge on any atom is -0.449 e. The molecule has 0 amide bonds. The van der Waals surface area contributed by atoms with Crippen LogP contribution in [0.1, 0.15) is 26.7 Å². The molecule has 0 saturated heterocycles. The molecule has 0 radical (unpaired) electrons. The monoisotopic (exact) mass is 248 g/mol. The molecule has 0 aliphatic rings. The van der Waals surface area contributed by atoms with Crippen molar-refractivity contribution in [3.63, 3.8) is 0 Å². The second-order valence-corrected chi connectivity index (χ2v) is 2.77. The Morgan fingerprint density at radius 2 is 1.29 bits per heavy atom. The van der Waals surface area contributed by atoms with Crippen molar-refractivity contribution in [2.24, 2.45) is 0 Å². The maximum absolute atomic E-state index is 9.21. The maximum atomic E-state index is 9.21. The van der Waals surface area contributed by atoms with E-state index in [1.807, 2.05) is 13.8 Å². The number of ether oxygens (including phenoxy) is 1. The van der Waals surface area contributed by atoms with Crippen LogP contribution < -0.4 is 0 Å². The molecule has 0 bridgehead atoms. The van der Waals surface area contributed by atoms with Gasteiger partial charge in [0.15, 0.2) is 0 Å². The van der Waals surface area contributed by atoms with Gasteiger partial charge in [0, 0.05) is 0 Å². The van der Waals surface area contributed by atoms with Gasteiger partial charge in [-0.2, -0.15) is 0 Å². The molecule has 7 nitrogen and oxygen atoms in total. The summed E-state index contributed by atoms with van der Waals surface area (Å²) in [5.74, 6) is 5.08. The lowest BCUT2D eigenvalue weighted by Gasteiger charge is -1.97. The van der Waals surface area contributed by atoms with Gasteiger partial charge in [-0.05, 0) is 12.8 Å². The lowest BCUT2D eigenvalue weighted by molar-refractivity contribution is 0.0802. The van der Waals surface area contributed by atoms with Crippen molar-refractivity contribution < 1.29 is 34.8 Å². The minimum atomic E-state index is -1.81. The highest BCUT2D eigenvalue weighted by atomic mass is 16.7. The number of aliphatic hydroxyl groups is 2. The van der Waals surface area contributed by atoms with Gasteiger partial charge in [0.25, 0.3) is 0 Å². The molecule has 17 heavy (non-hydrogen) atoms. The molecule has 0 aromatic heterocycles. The molecule has 0 heterocycles. The standard InChI is InChI=1S/C8H14O2.C2H2O5/c1-3-7(9)5-6-8(10)4-2;3-1(4)7-2(5)6/h7-10H,3-4H2,1-2H3;(H,3,4)(H,5,6). The summed E-state index contributed by atoms with van der Waals surface area (Å²) in [7, 11) is 0. The van der Waals surface area contributed by atoms with E-state index in [-0.39, 0.29) is 0 Å². The van der Waals surface area contributed by atoms with E-state index < -0.39 is 24.5 Å². The summed E-state index contributed by atoms with van der Waals surface area (Å²) in [5, 5.41) is 32.8. The molecule has 0 saturated carbocycles. The minimum absolute atomic E-state index is 0.582. The Morgan fingerprint density at radius 3 is 1.41 bits per heavy atom. The fourth-order valence-electron chi connectivity index (χ4n) is 0.471. The second-order valence-electron chi connectivity index (χ2n) is 2.77. The molecule has 0 fully saturated rings. The van der Waals surface area contributed by atoms with Crippen LogP contribution in [-0.4, -0.2) is 44.9 Å². The maximum Gasteiger partial charge on any atom is 0.516 e. The van der Waals surface area contributed by atoms with Gasteiger partial charge in [-0.1, -0.05) is 25.7 Å². The quantitative estimate of drug-likeness (QED) is 0.325. The van der Waals surface area contributed by atoms with Gasteiger partial charge in [-0.25, -0.2) is 9.59 Å². The van der Waals surface area contributed by atoms with E-state index in [1.54, 1.807) is 0 Å². The van der Waals surface area contributed by atoms with Gasteiger partial charge in [0.2, 0.25) is 0 Å². The third-order valence-corrected chi connectivity index (χ3v) is 1.36. The third-order valence-electron chi connectivity index (χ3n) is 1.36. The Morgan fingerprint density at radius 1 is 1.00 bits per heavy atom. The molecular formula is C10H16O7. The van der Waals surface area contributed by atoms with Gasteiger partial charge >= 0.3 is 12.3 Å². The summed E-state index contributed by atoms with van der Waals surface area (Å²) in [6, 6.07) is 0. The van der Waals surface area contributed by atoms with Gasteiger partial charge < -0.3 is 25.2 Å². The first-order chi connectivity index (χ1) is 7.83. The average Bonchev–Trinajstić information content (AvgIpc) is 2.24. The third kappa shape index (κ3) is 16.9. The summed E-state index contributed by atoms with van der Waals surface area (Å²) in [4.78, 5) is 18.4. The van der Waals surface area contributed by atoms with Crippen molar-refractivity contribution in [2.45, 2.75) is 38.9 Å². The number of aliphatic hydroxyl groups excluding tert-OH is 2. The predicted octanol–water partition coefficient (Wildman–Crippen LogP) is 0.891. The fourth-order valence-corrected chi connectivity index (χ4v) is 0.471. The zero-order chi connectivity index (χ0) is 13.8. The summed E-state index contributed by atoms with van der Waals surface area (Å²) in [6.45, 7) is 3.69. The molecule has 2 atom stereocenters. The van der Waals surface area contributed by atoms with Crippen LogP contribution in [0.25, 0.3) is 0 Å². The van der Waals surface area contributed by atoms with Crippen LogP contribution in [0.3, 0.4) is 0 Å². The molecule has 98 valence electrons. The largest absolute Gasteiger partial charge is 0.516 e. The zero-order valence-corrected chi connectivity index (χ0v) is 9.58. The number of carbonyl (C=O) groups is 2. The van der Waals surface area contributed by atoms with Crippen LogP contribution >= 0.6 is 0 Å². The van der Waals surface area contributed by atoms with Crippen LogP contribution in [0.5, 0.6) is 0 Å². The molecule has 0 aliphatic heterocycles. The Balaban J connectivity index is 0. The molecule has 0 aliphatic carbocycles. The summed E-state index contributed by atoms with van der Waals surface area (Å²) < 4.78 is 3.08. The summed E-state index contributed by atoms with van der Waals surface area (Å²) >= 11 is 0. The summed E-state index contributed by atoms with van der Waals surface area (Å²) in [6.07, 6.45) is -3.56. The molecule has 7 heteroatoms. The van der Waals surface area contributed by atoms with Crippen molar-refractivity contribution >= 4 is 12.3 Å². The van der Waals surface area contributed by atoms with Crippen molar-refractivity contribution in [1.29, 1.82) is 0 Å². The molecule has 0 spiro atoms. The Hall–Kier alpha value is -1.78. The van der Waals surface area contributed by atoms with E-state index in [2.05, 4.69) is 16.6 Å². The van der Waals surface area contributed by atoms with Gasteiger partial charge in [-0.15, -0.1) is 0 Å². The normalized spacial score (nSPS) is 12.0. The van der Waals surface area contributed by atoms with E-state index in [0.717, 1.165) is 0 Å². The number of rotatable bonds is 2. The Kier molecular flexibility index (Phi) is 11.1. The first kappa shape index (κ1) is 17.6. The predicted molar refractivity (Wildman–Crippen MR) is 57.5 cm³/mol. The summed E-state index contributed by atoms with van der Waals surface area (Å²) in [5.41, 5.74) is 0. The van der Waals surface area contributed by atoms with Crippen LogP contribution in [0.15, 0.2) is 0 Å². The molecule has 2 unspecified atom stereocenters. The Labute approximate surface area is 98.6 Å². The van der Waals surface area contributed by atoms with Crippen LogP contribution in [0, 0.1) is 11.8 Å². The van der Waals surface area contributed by atoms with Crippen molar-refractivity contribution in [1.82, 2.24) is 0 Å². The first-order valence-corrected chi connectivity index (χ1v) is 4.84. The fraction of sp³-hybridized carbons (Fsp3) is 0.600. The van der Waals surface area contributed by atoms with Crippen molar-refractivity contribution in [3.05, 3.63) is 0 Å². The zero-order valence-electron chi connectivity index (χ0n) is 9.58. The van der Waals surface area contributed by atoms with E-state index >= 15 is 0 Å². The topological polar surface area (TPSA) is 124 Å². The molecule has 0 rings (SSSR count). The van der Waals surface area contributed by atoms with Crippen molar-refractivity contribution in [3.8, 4) is 11.8 Å². The highest BCUT2D eigenvalue weighted by molar-refractivity contribution is 5.74. The average molecular weight is 248 g/mol. The molecular weight excluding hydrogens is 232 g/mol. The lowest BCUT2D eigenvalue weighted by Crippen LogP contribution is -2.05. The molecule has 4 N–H and O–H groups in total. The van der Waals surface area contributed by atoms with Gasteiger partial charge in [0.05, 0.1) is 0 Å². The smallest absolute Gasteiger partial charge is 0.449 e. The van der Waals surface area contributed by atoms with E-state index in [4.69, 9.17) is 20.4 Å². The number of hydrogen-bond donors (Lipinski definition) is 4. The van der Waals surface area contributed by atoms with Crippen molar-refractivity contribution in [2.75, 3.05) is 0 Å². The highest BCUT2D eigenvalue weighted by Crippen LogP contribution is 1.89. The SMILES string of the molecule is CCC(O)C#CC(O)CC.O=C(O)OC(=O)O. The first-order valence-electron chi connectivity index (χ1n) is 4.84. The van der Waals surface area contributed by atoms with Crippen LogP contribution in [0.2, 0.25) is 0 Å². The molecule has 0 aromatic carbocycles.